The van der Waals surface area contributed by atoms with Gasteiger partial charge in [0.25, 0.3) is 0 Å². The number of likely N-dealkylation sites (tertiary alicyclic amines) is 1. The van der Waals surface area contributed by atoms with Crippen LogP contribution in [0.4, 0.5) is 0 Å². The Kier molecular flexibility index (Phi) is 6.67. The van der Waals surface area contributed by atoms with Crippen LogP contribution < -0.4 is 4.74 Å². The summed E-state index contributed by atoms with van der Waals surface area (Å²) in [6, 6.07) is 4.49. The van der Waals surface area contributed by atoms with Crippen molar-refractivity contribution in [2.75, 3.05) is 19.7 Å². The molecule has 0 aliphatic carbocycles. The molecular formula is C20H31NO3. The highest BCUT2D eigenvalue weighted by Crippen LogP contribution is 2.23. The second kappa shape index (κ2) is 8.52. The number of benzene rings is 1. The van der Waals surface area contributed by atoms with E-state index in [4.69, 9.17) is 9.47 Å². The summed E-state index contributed by atoms with van der Waals surface area (Å²) >= 11 is 0. The Hall–Kier alpha value is -1.55. The lowest BCUT2D eigenvalue weighted by atomic mass is 10.0. The number of rotatable bonds is 7. The Morgan fingerprint density at radius 2 is 1.96 bits per heavy atom. The number of carbonyl (C=O) groups is 1. The summed E-state index contributed by atoms with van der Waals surface area (Å²) in [6.45, 7) is 12.8. The van der Waals surface area contributed by atoms with E-state index in [2.05, 4.69) is 11.8 Å². The standard InChI is InChI=1S/C20H31NO3/c1-14(2)24-18-12-15(3)19(16(4)13-18)20(22)23-11-7-10-21-9-6-8-17(21)5/h12-14,17H,6-11H2,1-5H3. The molecule has 1 unspecified atom stereocenters. The van der Waals surface area contributed by atoms with E-state index in [9.17, 15) is 4.79 Å². The Morgan fingerprint density at radius 3 is 2.50 bits per heavy atom. The van der Waals surface area contributed by atoms with E-state index in [1.807, 2.05) is 39.8 Å². The van der Waals surface area contributed by atoms with Crippen LogP contribution in [-0.4, -0.2) is 42.7 Å². The zero-order chi connectivity index (χ0) is 17.7. The molecule has 1 atom stereocenters. The number of aryl methyl sites for hydroxylation is 2. The topological polar surface area (TPSA) is 38.8 Å². The van der Waals surface area contributed by atoms with E-state index in [1.165, 1.54) is 19.4 Å². The fraction of sp³-hybridized carbons (Fsp3) is 0.650. The lowest BCUT2D eigenvalue weighted by Crippen LogP contribution is -2.28. The maximum atomic E-state index is 12.4. The molecule has 1 aliphatic heterocycles. The molecule has 0 N–H and O–H groups in total. The predicted molar refractivity (Wildman–Crippen MR) is 96.8 cm³/mol. The molecule has 0 spiro atoms. The van der Waals surface area contributed by atoms with Crippen LogP contribution in [0.5, 0.6) is 5.75 Å². The highest BCUT2D eigenvalue weighted by atomic mass is 16.5. The van der Waals surface area contributed by atoms with Gasteiger partial charge in [-0.3, -0.25) is 0 Å². The molecule has 4 nitrogen and oxygen atoms in total. The van der Waals surface area contributed by atoms with Crippen molar-refractivity contribution in [3.8, 4) is 5.75 Å². The number of esters is 1. The second-order valence-corrected chi connectivity index (χ2v) is 7.12. The van der Waals surface area contributed by atoms with E-state index in [0.717, 1.165) is 29.8 Å². The fourth-order valence-electron chi connectivity index (χ4n) is 3.42. The summed E-state index contributed by atoms with van der Waals surface area (Å²) in [6.07, 6.45) is 3.57. The van der Waals surface area contributed by atoms with Gasteiger partial charge in [-0.1, -0.05) is 0 Å². The van der Waals surface area contributed by atoms with E-state index < -0.39 is 0 Å². The maximum Gasteiger partial charge on any atom is 0.338 e. The minimum absolute atomic E-state index is 0.120. The number of hydrogen-bond donors (Lipinski definition) is 0. The maximum absolute atomic E-state index is 12.4. The Labute approximate surface area is 146 Å². The van der Waals surface area contributed by atoms with Crippen molar-refractivity contribution in [3.63, 3.8) is 0 Å². The molecule has 134 valence electrons. The third kappa shape index (κ3) is 4.97. The van der Waals surface area contributed by atoms with Crippen molar-refractivity contribution in [2.45, 2.75) is 66.0 Å². The molecule has 0 aromatic heterocycles. The Bertz CT molecular complexity index is 545. The largest absolute Gasteiger partial charge is 0.491 e. The van der Waals surface area contributed by atoms with Crippen molar-refractivity contribution in [1.29, 1.82) is 0 Å². The first-order chi connectivity index (χ1) is 11.4. The van der Waals surface area contributed by atoms with Gasteiger partial charge in [-0.25, -0.2) is 4.79 Å². The molecule has 1 saturated heterocycles. The van der Waals surface area contributed by atoms with Crippen LogP contribution in [0.25, 0.3) is 0 Å². The molecule has 0 radical (unpaired) electrons. The molecule has 1 aromatic rings. The van der Waals surface area contributed by atoms with Crippen LogP contribution in [-0.2, 0) is 4.74 Å². The van der Waals surface area contributed by atoms with Crippen LogP contribution in [0.3, 0.4) is 0 Å². The van der Waals surface area contributed by atoms with Crippen molar-refractivity contribution in [1.82, 2.24) is 4.90 Å². The van der Waals surface area contributed by atoms with E-state index in [0.29, 0.717) is 18.2 Å². The molecule has 2 rings (SSSR count). The van der Waals surface area contributed by atoms with E-state index >= 15 is 0 Å². The molecule has 0 saturated carbocycles. The third-order valence-corrected chi connectivity index (χ3v) is 4.60. The molecule has 1 aromatic carbocycles. The van der Waals surface area contributed by atoms with Gasteiger partial charge in [-0.15, -0.1) is 0 Å². The number of carbonyl (C=O) groups excluding carboxylic acids is 1. The van der Waals surface area contributed by atoms with Gasteiger partial charge in [0, 0.05) is 12.6 Å². The van der Waals surface area contributed by atoms with Crippen molar-refractivity contribution < 1.29 is 14.3 Å². The van der Waals surface area contributed by atoms with Crippen LogP contribution in [0, 0.1) is 13.8 Å². The highest BCUT2D eigenvalue weighted by molar-refractivity contribution is 5.93. The molecular weight excluding hydrogens is 302 g/mol. The van der Waals surface area contributed by atoms with Crippen LogP contribution in [0.2, 0.25) is 0 Å². The Balaban J connectivity index is 1.87. The molecule has 24 heavy (non-hydrogen) atoms. The van der Waals surface area contributed by atoms with Gasteiger partial charge in [0.05, 0.1) is 18.3 Å². The van der Waals surface area contributed by atoms with Crippen molar-refractivity contribution >= 4 is 5.97 Å². The second-order valence-electron chi connectivity index (χ2n) is 7.12. The summed E-state index contributed by atoms with van der Waals surface area (Å²) in [4.78, 5) is 14.9. The first-order valence-electron chi connectivity index (χ1n) is 9.07. The SMILES string of the molecule is Cc1cc(OC(C)C)cc(C)c1C(=O)OCCCN1CCCC1C. The molecule has 4 heteroatoms. The molecule has 0 amide bonds. The summed E-state index contributed by atoms with van der Waals surface area (Å²) in [5, 5.41) is 0. The monoisotopic (exact) mass is 333 g/mol. The molecule has 0 bridgehead atoms. The van der Waals surface area contributed by atoms with Gasteiger partial charge in [0.1, 0.15) is 5.75 Å². The third-order valence-electron chi connectivity index (χ3n) is 4.60. The average molecular weight is 333 g/mol. The predicted octanol–water partition coefficient (Wildman–Crippen LogP) is 4.12. The van der Waals surface area contributed by atoms with E-state index in [-0.39, 0.29) is 12.1 Å². The summed E-state index contributed by atoms with van der Waals surface area (Å²) in [5.41, 5.74) is 2.48. The van der Waals surface area contributed by atoms with Gasteiger partial charge >= 0.3 is 5.97 Å². The summed E-state index contributed by atoms with van der Waals surface area (Å²) in [5.74, 6) is 0.579. The molecule has 1 fully saturated rings. The van der Waals surface area contributed by atoms with Crippen LogP contribution >= 0.6 is 0 Å². The average Bonchev–Trinajstić information content (AvgIpc) is 2.87. The first-order valence-corrected chi connectivity index (χ1v) is 9.07. The van der Waals surface area contributed by atoms with Crippen molar-refractivity contribution in [3.05, 3.63) is 28.8 Å². The van der Waals surface area contributed by atoms with Gasteiger partial charge in [-0.05, 0) is 83.7 Å². The zero-order valence-corrected chi connectivity index (χ0v) is 15.7. The quantitative estimate of drug-likeness (QED) is 0.556. The number of hydrogen-bond acceptors (Lipinski definition) is 4. The van der Waals surface area contributed by atoms with Gasteiger partial charge in [-0.2, -0.15) is 0 Å². The van der Waals surface area contributed by atoms with Gasteiger partial charge in [0.2, 0.25) is 0 Å². The highest BCUT2D eigenvalue weighted by Gasteiger charge is 2.20. The van der Waals surface area contributed by atoms with Gasteiger partial charge < -0.3 is 14.4 Å². The number of nitrogens with zero attached hydrogens (tertiary/aromatic N) is 1. The van der Waals surface area contributed by atoms with E-state index in [1.54, 1.807) is 0 Å². The zero-order valence-electron chi connectivity index (χ0n) is 15.7. The lowest BCUT2D eigenvalue weighted by Gasteiger charge is -2.20. The smallest absolute Gasteiger partial charge is 0.338 e. The fourth-order valence-corrected chi connectivity index (χ4v) is 3.42. The lowest BCUT2D eigenvalue weighted by molar-refractivity contribution is 0.0485. The minimum atomic E-state index is -0.226. The summed E-state index contributed by atoms with van der Waals surface area (Å²) < 4.78 is 11.2. The minimum Gasteiger partial charge on any atom is -0.491 e. The Morgan fingerprint density at radius 1 is 1.29 bits per heavy atom. The van der Waals surface area contributed by atoms with Crippen LogP contribution in [0.15, 0.2) is 12.1 Å². The first kappa shape index (κ1) is 18.8. The van der Waals surface area contributed by atoms with Crippen LogP contribution in [0.1, 0.15) is 61.5 Å². The van der Waals surface area contributed by atoms with Gasteiger partial charge in [0.15, 0.2) is 0 Å². The molecule has 1 aliphatic rings. The number of ether oxygens (including phenoxy) is 2. The molecule has 1 heterocycles. The normalized spacial score (nSPS) is 18.2. The van der Waals surface area contributed by atoms with Crippen molar-refractivity contribution in [2.24, 2.45) is 0 Å². The summed E-state index contributed by atoms with van der Waals surface area (Å²) in [7, 11) is 0.